The summed E-state index contributed by atoms with van der Waals surface area (Å²) in [7, 11) is 1.32. The Bertz CT molecular complexity index is 1010. The first-order chi connectivity index (χ1) is 12.0. The Labute approximate surface area is 149 Å². The van der Waals surface area contributed by atoms with Crippen LogP contribution in [0.3, 0.4) is 0 Å². The zero-order valence-corrected chi connectivity index (χ0v) is 15.1. The third-order valence-electron chi connectivity index (χ3n) is 3.90. The molecule has 0 aliphatic heterocycles. The number of methoxy groups -OCH3 is 1. The van der Waals surface area contributed by atoms with Gasteiger partial charge >= 0.3 is 5.97 Å². The van der Waals surface area contributed by atoms with Crippen LogP contribution in [0.2, 0.25) is 0 Å². The highest BCUT2D eigenvalue weighted by molar-refractivity contribution is 7.16. The maximum absolute atomic E-state index is 12.5. The van der Waals surface area contributed by atoms with E-state index in [0.717, 1.165) is 16.8 Å². The lowest BCUT2D eigenvalue weighted by Gasteiger charge is -2.01. The first kappa shape index (κ1) is 17.1. The maximum atomic E-state index is 12.5. The summed E-state index contributed by atoms with van der Waals surface area (Å²) in [5.74, 6) is -0.762. The molecule has 5 nitrogen and oxygen atoms in total. The molecule has 0 radical (unpaired) electrons. The van der Waals surface area contributed by atoms with Crippen molar-refractivity contribution in [3.8, 4) is 0 Å². The Kier molecular flexibility index (Phi) is 4.81. The Balaban J connectivity index is 2.01. The molecule has 25 heavy (non-hydrogen) atoms. The van der Waals surface area contributed by atoms with E-state index in [4.69, 9.17) is 0 Å². The van der Waals surface area contributed by atoms with E-state index in [1.54, 1.807) is 24.3 Å². The first-order valence-electron chi connectivity index (χ1n) is 7.91. The van der Waals surface area contributed by atoms with E-state index in [9.17, 15) is 9.59 Å². The van der Waals surface area contributed by atoms with E-state index in [1.807, 2.05) is 18.4 Å². The van der Waals surface area contributed by atoms with E-state index in [0.29, 0.717) is 15.9 Å². The van der Waals surface area contributed by atoms with Crippen LogP contribution in [0.15, 0.2) is 47.5 Å². The smallest absolute Gasteiger partial charge is 0.337 e. The van der Waals surface area contributed by atoms with Gasteiger partial charge in [-0.1, -0.05) is 17.4 Å². The van der Waals surface area contributed by atoms with Gasteiger partial charge in [0.25, 0.3) is 5.91 Å². The molecule has 1 amide bonds. The number of hydrogen-bond donors (Lipinski definition) is 0. The number of esters is 1. The Morgan fingerprint density at radius 2 is 1.80 bits per heavy atom. The van der Waals surface area contributed by atoms with Crippen molar-refractivity contribution in [3.63, 3.8) is 0 Å². The van der Waals surface area contributed by atoms with Gasteiger partial charge in [-0.25, -0.2) is 4.79 Å². The molecule has 128 valence electrons. The highest BCUT2D eigenvalue weighted by Gasteiger charge is 2.10. The zero-order chi connectivity index (χ0) is 18.0. The van der Waals surface area contributed by atoms with Crippen LogP contribution in [0.4, 0.5) is 0 Å². The number of rotatable bonds is 3. The molecule has 0 unspecified atom stereocenters. The molecule has 0 aliphatic carbocycles. The molecule has 0 fully saturated rings. The lowest BCUT2D eigenvalue weighted by molar-refractivity contribution is 0.0600. The molecule has 1 heterocycles. The van der Waals surface area contributed by atoms with Crippen LogP contribution >= 0.6 is 11.3 Å². The topological polar surface area (TPSA) is 60.7 Å². The number of ether oxygens (including phenoxy) is 1. The fourth-order valence-corrected chi connectivity index (χ4v) is 3.78. The summed E-state index contributed by atoms with van der Waals surface area (Å²) in [4.78, 5) is 28.9. The number of amides is 1. The second-order valence-corrected chi connectivity index (χ2v) is 6.60. The Morgan fingerprint density at radius 1 is 1.12 bits per heavy atom. The standard InChI is InChI=1S/C19H18N2O3S/c1-4-21-15-10-5-12(2)11-16(15)25-19(21)20-17(22)13-6-8-14(9-7-13)18(23)24-3/h5-11H,4H2,1-3H3. The number of nitrogens with zero attached hydrogens (tertiary/aromatic N) is 2. The first-order valence-corrected chi connectivity index (χ1v) is 8.72. The molecular formula is C19H18N2O3S. The van der Waals surface area contributed by atoms with Crippen LogP contribution in [0.5, 0.6) is 0 Å². The van der Waals surface area contributed by atoms with Crippen molar-refractivity contribution in [1.82, 2.24) is 4.57 Å². The minimum atomic E-state index is -0.431. The van der Waals surface area contributed by atoms with Crippen LogP contribution in [0, 0.1) is 6.92 Å². The van der Waals surface area contributed by atoms with Crippen LogP contribution in [-0.2, 0) is 11.3 Å². The molecule has 0 saturated carbocycles. The van der Waals surface area contributed by atoms with E-state index in [2.05, 4.69) is 27.9 Å². The largest absolute Gasteiger partial charge is 0.465 e. The van der Waals surface area contributed by atoms with Gasteiger partial charge in [-0.05, 0) is 55.8 Å². The molecule has 3 aromatic rings. The van der Waals surface area contributed by atoms with Gasteiger partial charge in [-0.3, -0.25) is 4.79 Å². The average molecular weight is 354 g/mol. The minimum absolute atomic E-state index is 0.332. The summed E-state index contributed by atoms with van der Waals surface area (Å²) in [6, 6.07) is 12.5. The van der Waals surface area contributed by atoms with Crippen molar-refractivity contribution in [2.24, 2.45) is 4.99 Å². The fourth-order valence-electron chi connectivity index (χ4n) is 2.59. The second-order valence-electron chi connectivity index (χ2n) is 5.59. The SMILES string of the molecule is CCn1c(=NC(=O)c2ccc(C(=O)OC)cc2)sc2cc(C)ccc21. The number of benzene rings is 2. The van der Waals surface area contributed by atoms with Crippen LogP contribution < -0.4 is 4.80 Å². The third kappa shape index (κ3) is 3.39. The van der Waals surface area contributed by atoms with Gasteiger partial charge < -0.3 is 9.30 Å². The minimum Gasteiger partial charge on any atom is -0.465 e. The highest BCUT2D eigenvalue weighted by atomic mass is 32.1. The summed E-state index contributed by atoms with van der Waals surface area (Å²) in [5.41, 5.74) is 3.09. The molecule has 0 aliphatic rings. The Morgan fingerprint density at radius 3 is 2.44 bits per heavy atom. The Hall–Kier alpha value is -2.73. The summed E-state index contributed by atoms with van der Waals surface area (Å²) in [6.45, 7) is 4.80. The molecule has 0 spiro atoms. The summed E-state index contributed by atoms with van der Waals surface area (Å²) in [6.07, 6.45) is 0. The lowest BCUT2D eigenvalue weighted by atomic mass is 10.1. The van der Waals surface area contributed by atoms with Crippen molar-refractivity contribution in [3.05, 3.63) is 64.0 Å². The number of hydrogen-bond acceptors (Lipinski definition) is 4. The zero-order valence-electron chi connectivity index (χ0n) is 14.3. The van der Waals surface area contributed by atoms with Crippen molar-refractivity contribution in [2.75, 3.05) is 7.11 Å². The van der Waals surface area contributed by atoms with E-state index < -0.39 is 5.97 Å². The van der Waals surface area contributed by atoms with Gasteiger partial charge in [-0.2, -0.15) is 4.99 Å². The molecule has 0 atom stereocenters. The van der Waals surface area contributed by atoms with Crippen molar-refractivity contribution >= 4 is 33.4 Å². The number of fused-ring (bicyclic) bond motifs is 1. The lowest BCUT2D eigenvalue weighted by Crippen LogP contribution is -2.16. The van der Waals surface area contributed by atoms with Crippen molar-refractivity contribution in [1.29, 1.82) is 0 Å². The quantitative estimate of drug-likeness (QED) is 0.676. The van der Waals surface area contributed by atoms with Gasteiger partial charge in [0.05, 0.1) is 22.9 Å². The number of carbonyl (C=O) groups is 2. The normalized spacial score (nSPS) is 11.7. The molecule has 1 aromatic heterocycles. The van der Waals surface area contributed by atoms with E-state index >= 15 is 0 Å². The number of aromatic nitrogens is 1. The van der Waals surface area contributed by atoms with Gasteiger partial charge in [0, 0.05) is 12.1 Å². The predicted molar refractivity (Wildman–Crippen MR) is 97.9 cm³/mol. The molecule has 0 N–H and O–H groups in total. The van der Waals surface area contributed by atoms with Crippen LogP contribution in [0.1, 0.15) is 33.2 Å². The van der Waals surface area contributed by atoms with Crippen LogP contribution in [0.25, 0.3) is 10.2 Å². The molecule has 6 heteroatoms. The number of thiazole rings is 1. The van der Waals surface area contributed by atoms with Gasteiger partial charge in [-0.15, -0.1) is 0 Å². The molecule has 2 aromatic carbocycles. The summed E-state index contributed by atoms with van der Waals surface area (Å²) >= 11 is 1.50. The highest BCUT2D eigenvalue weighted by Crippen LogP contribution is 2.19. The van der Waals surface area contributed by atoms with E-state index in [-0.39, 0.29) is 5.91 Å². The maximum Gasteiger partial charge on any atom is 0.337 e. The van der Waals surface area contributed by atoms with Crippen LogP contribution in [-0.4, -0.2) is 23.6 Å². The molecule has 0 saturated heterocycles. The molecule has 0 bridgehead atoms. The van der Waals surface area contributed by atoms with Gasteiger partial charge in [0.1, 0.15) is 0 Å². The third-order valence-corrected chi connectivity index (χ3v) is 4.95. The number of aryl methyl sites for hydroxylation is 2. The monoisotopic (exact) mass is 354 g/mol. The predicted octanol–water partition coefficient (Wildman–Crippen LogP) is 3.56. The fraction of sp³-hybridized carbons (Fsp3) is 0.211. The molecule has 3 rings (SSSR count). The van der Waals surface area contributed by atoms with Gasteiger partial charge in [0.2, 0.25) is 0 Å². The summed E-state index contributed by atoms with van der Waals surface area (Å²) in [5, 5.41) is 0. The van der Waals surface area contributed by atoms with E-state index in [1.165, 1.54) is 24.0 Å². The summed E-state index contributed by atoms with van der Waals surface area (Å²) < 4.78 is 7.79. The number of carbonyl (C=O) groups excluding carboxylic acids is 2. The van der Waals surface area contributed by atoms with Crippen molar-refractivity contribution < 1.29 is 14.3 Å². The molecular weight excluding hydrogens is 336 g/mol. The second kappa shape index (κ2) is 7.03. The van der Waals surface area contributed by atoms with Gasteiger partial charge in [0.15, 0.2) is 4.80 Å². The van der Waals surface area contributed by atoms with Crippen molar-refractivity contribution in [2.45, 2.75) is 20.4 Å². The average Bonchev–Trinajstić information content (AvgIpc) is 2.96.